The summed E-state index contributed by atoms with van der Waals surface area (Å²) in [7, 11) is 0. The summed E-state index contributed by atoms with van der Waals surface area (Å²) < 4.78 is 5.79. The molecule has 2 aromatic carbocycles. The summed E-state index contributed by atoms with van der Waals surface area (Å²) in [5.41, 5.74) is 2.31. The molecule has 4 rings (SSSR count). The number of carbonyl (C=O) groups excluding carboxylic acids is 1. The van der Waals surface area contributed by atoms with Crippen LogP contribution in [0.2, 0.25) is 5.02 Å². The first-order valence-electron chi connectivity index (χ1n) is 7.13. The number of carbonyl (C=O) groups is 1. The zero-order valence-corrected chi connectivity index (χ0v) is 12.5. The van der Waals surface area contributed by atoms with Crippen molar-refractivity contribution in [1.82, 2.24) is 4.98 Å². The lowest BCUT2D eigenvalue weighted by Gasteiger charge is -2.17. The normalized spacial score (nSPS) is 18.3. The van der Waals surface area contributed by atoms with Crippen molar-refractivity contribution in [1.29, 1.82) is 0 Å². The smallest absolute Gasteiger partial charge is 0.227 e. The Balaban J connectivity index is 1.66. The average molecular weight is 313 g/mol. The molecule has 1 atom stereocenters. The summed E-state index contributed by atoms with van der Waals surface area (Å²) in [5.74, 6) is 0.612. The van der Waals surface area contributed by atoms with Crippen molar-refractivity contribution in [3.05, 3.63) is 59.4 Å². The summed E-state index contributed by atoms with van der Waals surface area (Å²) in [6, 6.07) is 15.0. The largest absolute Gasteiger partial charge is 0.440 e. The van der Waals surface area contributed by atoms with Gasteiger partial charge in [0.05, 0.1) is 16.6 Å². The molecule has 1 aliphatic heterocycles. The fraction of sp³-hybridized carbons (Fsp3) is 0.176. The van der Waals surface area contributed by atoms with Gasteiger partial charge < -0.3 is 9.32 Å². The molecule has 0 radical (unpaired) electrons. The third-order valence-corrected chi connectivity index (χ3v) is 4.25. The first-order chi connectivity index (χ1) is 10.7. The predicted octanol–water partition coefficient (Wildman–Crippen LogP) is 4.00. The molecular formula is C17H13ClN2O2. The fourth-order valence-corrected chi connectivity index (χ4v) is 3.08. The van der Waals surface area contributed by atoms with Crippen molar-refractivity contribution in [2.45, 2.75) is 12.3 Å². The number of para-hydroxylation sites is 3. The van der Waals surface area contributed by atoms with E-state index in [-0.39, 0.29) is 11.8 Å². The molecule has 0 aliphatic carbocycles. The van der Waals surface area contributed by atoms with Crippen LogP contribution in [0.25, 0.3) is 11.1 Å². The Morgan fingerprint density at radius 1 is 1.14 bits per heavy atom. The minimum Gasteiger partial charge on any atom is -0.440 e. The van der Waals surface area contributed by atoms with Crippen LogP contribution >= 0.6 is 11.6 Å². The Morgan fingerprint density at radius 2 is 1.91 bits per heavy atom. The molecule has 0 N–H and O–H groups in total. The standard InChI is InChI=1S/C17H13ClN2O2/c18-12-5-1-3-7-14(12)20-10-11(9-16(20)21)17-19-13-6-2-4-8-15(13)22-17/h1-8,11H,9-10H2/t11-/m0/s1. The van der Waals surface area contributed by atoms with Gasteiger partial charge in [0.25, 0.3) is 0 Å². The summed E-state index contributed by atoms with van der Waals surface area (Å²) in [6.45, 7) is 0.537. The molecule has 110 valence electrons. The van der Waals surface area contributed by atoms with Gasteiger partial charge in [-0.3, -0.25) is 4.79 Å². The first-order valence-corrected chi connectivity index (χ1v) is 7.50. The van der Waals surface area contributed by atoms with Crippen LogP contribution in [0, 0.1) is 0 Å². The first kappa shape index (κ1) is 13.3. The third kappa shape index (κ3) is 2.16. The number of hydrogen-bond donors (Lipinski definition) is 0. The summed E-state index contributed by atoms with van der Waals surface area (Å²) in [5, 5.41) is 0.578. The lowest BCUT2D eigenvalue weighted by Crippen LogP contribution is -2.24. The van der Waals surface area contributed by atoms with Crippen LogP contribution in [0.15, 0.2) is 52.9 Å². The quantitative estimate of drug-likeness (QED) is 0.718. The molecule has 3 aromatic rings. The second-order valence-corrected chi connectivity index (χ2v) is 5.78. The molecule has 0 saturated carbocycles. The second-order valence-electron chi connectivity index (χ2n) is 5.38. The van der Waals surface area contributed by atoms with Crippen molar-refractivity contribution in [3.63, 3.8) is 0 Å². The minimum atomic E-state index is -0.0452. The Kier molecular flexibility index (Phi) is 3.12. The van der Waals surface area contributed by atoms with Crippen molar-refractivity contribution in [3.8, 4) is 0 Å². The van der Waals surface area contributed by atoms with Crippen molar-refractivity contribution in [2.24, 2.45) is 0 Å². The van der Waals surface area contributed by atoms with Crippen LogP contribution < -0.4 is 4.90 Å². The van der Waals surface area contributed by atoms with Crippen LogP contribution in [0.5, 0.6) is 0 Å². The predicted molar refractivity (Wildman–Crippen MR) is 85.2 cm³/mol. The monoisotopic (exact) mass is 312 g/mol. The highest BCUT2D eigenvalue weighted by atomic mass is 35.5. The SMILES string of the molecule is O=C1C[C@H](c2nc3ccccc3o2)CN1c1ccccc1Cl. The average Bonchev–Trinajstić information content (AvgIpc) is 3.11. The molecule has 0 bridgehead atoms. The van der Waals surface area contributed by atoms with Gasteiger partial charge in [-0.1, -0.05) is 35.9 Å². The van der Waals surface area contributed by atoms with E-state index in [4.69, 9.17) is 16.0 Å². The van der Waals surface area contributed by atoms with Crippen LogP contribution in [0.1, 0.15) is 18.2 Å². The zero-order valence-electron chi connectivity index (χ0n) is 11.7. The lowest BCUT2D eigenvalue weighted by atomic mass is 10.1. The minimum absolute atomic E-state index is 0.0420. The second kappa shape index (κ2) is 5.14. The van der Waals surface area contributed by atoms with E-state index in [1.54, 1.807) is 11.0 Å². The maximum atomic E-state index is 12.3. The van der Waals surface area contributed by atoms with Crippen molar-refractivity contribution >= 4 is 34.3 Å². The molecular weight excluding hydrogens is 300 g/mol. The Morgan fingerprint density at radius 3 is 2.73 bits per heavy atom. The fourth-order valence-electron chi connectivity index (χ4n) is 2.84. The Hall–Kier alpha value is -2.33. The number of oxazole rings is 1. The molecule has 22 heavy (non-hydrogen) atoms. The zero-order chi connectivity index (χ0) is 15.1. The van der Waals surface area contributed by atoms with Gasteiger partial charge in [0.2, 0.25) is 11.8 Å². The van der Waals surface area contributed by atoms with E-state index in [1.165, 1.54) is 0 Å². The van der Waals surface area contributed by atoms with E-state index in [0.717, 1.165) is 16.8 Å². The van der Waals surface area contributed by atoms with Crippen LogP contribution in [-0.2, 0) is 4.79 Å². The van der Waals surface area contributed by atoms with Crippen LogP contribution in [0.3, 0.4) is 0 Å². The van der Waals surface area contributed by atoms with Gasteiger partial charge in [-0.05, 0) is 24.3 Å². The Labute approximate surface area is 132 Å². The topological polar surface area (TPSA) is 46.3 Å². The van der Waals surface area contributed by atoms with E-state index in [9.17, 15) is 4.79 Å². The number of fused-ring (bicyclic) bond motifs is 1. The van der Waals surface area contributed by atoms with Crippen molar-refractivity contribution < 1.29 is 9.21 Å². The van der Waals surface area contributed by atoms with Crippen molar-refractivity contribution in [2.75, 3.05) is 11.4 Å². The van der Waals surface area contributed by atoms with Gasteiger partial charge in [0.15, 0.2) is 5.58 Å². The van der Waals surface area contributed by atoms with Gasteiger partial charge in [0, 0.05) is 13.0 Å². The number of anilines is 1. The molecule has 1 aromatic heterocycles. The van der Waals surface area contributed by atoms with E-state index in [1.807, 2.05) is 42.5 Å². The van der Waals surface area contributed by atoms with E-state index in [2.05, 4.69) is 4.98 Å². The molecule has 1 fully saturated rings. The highest BCUT2D eigenvalue weighted by Gasteiger charge is 2.35. The number of rotatable bonds is 2. The number of hydrogen-bond acceptors (Lipinski definition) is 3. The number of aromatic nitrogens is 1. The third-order valence-electron chi connectivity index (χ3n) is 3.93. The van der Waals surface area contributed by atoms with Gasteiger partial charge in [-0.25, -0.2) is 4.98 Å². The molecule has 0 unspecified atom stereocenters. The van der Waals surface area contributed by atoms with Gasteiger partial charge in [0.1, 0.15) is 5.52 Å². The van der Waals surface area contributed by atoms with Crippen LogP contribution in [-0.4, -0.2) is 17.4 Å². The molecule has 2 heterocycles. The van der Waals surface area contributed by atoms with Gasteiger partial charge in [-0.15, -0.1) is 0 Å². The number of nitrogens with zero attached hydrogens (tertiary/aromatic N) is 2. The lowest BCUT2D eigenvalue weighted by molar-refractivity contribution is -0.117. The molecule has 1 aliphatic rings. The summed E-state index contributed by atoms with van der Waals surface area (Å²) >= 11 is 6.19. The maximum absolute atomic E-state index is 12.3. The number of benzene rings is 2. The highest BCUT2D eigenvalue weighted by molar-refractivity contribution is 6.33. The molecule has 1 amide bonds. The van der Waals surface area contributed by atoms with E-state index >= 15 is 0 Å². The molecule has 1 saturated heterocycles. The number of amides is 1. The summed E-state index contributed by atoms with van der Waals surface area (Å²) in [6.07, 6.45) is 0.387. The van der Waals surface area contributed by atoms with E-state index < -0.39 is 0 Å². The van der Waals surface area contributed by atoms with Crippen LogP contribution in [0.4, 0.5) is 5.69 Å². The molecule has 0 spiro atoms. The highest BCUT2D eigenvalue weighted by Crippen LogP contribution is 2.35. The maximum Gasteiger partial charge on any atom is 0.227 e. The number of halogens is 1. The van der Waals surface area contributed by atoms with Gasteiger partial charge >= 0.3 is 0 Å². The van der Waals surface area contributed by atoms with Gasteiger partial charge in [-0.2, -0.15) is 0 Å². The Bertz CT molecular complexity index is 825. The molecule has 5 heteroatoms. The summed E-state index contributed by atoms with van der Waals surface area (Å²) in [4.78, 5) is 18.5. The van der Waals surface area contributed by atoms with E-state index in [0.29, 0.717) is 23.9 Å². The molecule has 4 nitrogen and oxygen atoms in total.